The van der Waals surface area contributed by atoms with Gasteiger partial charge in [-0.1, -0.05) is 25.1 Å². The molecule has 0 spiro atoms. The van der Waals surface area contributed by atoms with Gasteiger partial charge < -0.3 is 9.72 Å². The van der Waals surface area contributed by atoms with Crippen LogP contribution in [0.15, 0.2) is 61.2 Å². The molecule has 0 aliphatic heterocycles. The quantitative estimate of drug-likeness (QED) is 0.413. The van der Waals surface area contributed by atoms with Crippen molar-refractivity contribution < 1.29 is 14.3 Å². The highest BCUT2D eigenvalue weighted by Crippen LogP contribution is 2.22. The monoisotopic (exact) mass is 374 g/mol. The molecule has 0 atom stereocenters. The van der Waals surface area contributed by atoms with E-state index in [1.54, 1.807) is 47.7 Å². The molecule has 0 bridgehead atoms. The fourth-order valence-corrected chi connectivity index (χ4v) is 3.10. The van der Waals surface area contributed by atoms with Crippen LogP contribution < -0.4 is 0 Å². The first-order chi connectivity index (χ1) is 13.7. The van der Waals surface area contributed by atoms with Crippen LogP contribution in [-0.2, 0) is 11.2 Å². The number of hydrogen-bond donors (Lipinski definition) is 1. The highest BCUT2D eigenvalue weighted by Gasteiger charge is 2.17. The molecule has 0 radical (unpaired) electrons. The van der Waals surface area contributed by atoms with E-state index in [1.807, 2.05) is 18.2 Å². The molecule has 3 heterocycles. The summed E-state index contributed by atoms with van der Waals surface area (Å²) >= 11 is 0. The van der Waals surface area contributed by atoms with Gasteiger partial charge in [-0.25, -0.2) is 9.48 Å². The third-order valence-electron chi connectivity index (χ3n) is 4.54. The number of aromatic amines is 1. The smallest absolute Gasteiger partial charge is 0.359 e. The minimum atomic E-state index is -0.643. The number of para-hydroxylation sites is 1. The number of fused-ring (bicyclic) bond motifs is 1. The number of rotatable bonds is 6. The molecule has 0 saturated heterocycles. The first-order valence-corrected chi connectivity index (χ1v) is 8.92. The normalized spacial score (nSPS) is 10.9. The van der Waals surface area contributed by atoms with Crippen molar-refractivity contribution in [3.8, 4) is 5.69 Å². The van der Waals surface area contributed by atoms with Crippen molar-refractivity contribution in [2.24, 2.45) is 0 Å². The maximum Gasteiger partial charge on any atom is 0.359 e. The summed E-state index contributed by atoms with van der Waals surface area (Å²) in [5.41, 5.74) is 3.50. The number of ether oxygens (including phenoxy) is 1. The average Bonchev–Trinajstić information content (AvgIpc) is 3.39. The lowest BCUT2D eigenvalue weighted by Crippen LogP contribution is -2.14. The number of Topliss-reactive ketones (excluding diaryl/α,β-unsaturated/α-hetero) is 1. The van der Waals surface area contributed by atoms with E-state index in [1.165, 1.54) is 0 Å². The molecule has 3 aromatic heterocycles. The molecule has 4 rings (SSSR count). The van der Waals surface area contributed by atoms with Crippen LogP contribution in [0.4, 0.5) is 0 Å². The van der Waals surface area contributed by atoms with Gasteiger partial charge in [0.2, 0.25) is 5.78 Å². The van der Waals surface area contributed by atoms with Crippen molar-refractivity contribution in [1.82, 2.24) is 19.7 Å². The Kier molecular flexibility index (Phi) is 4.72. The molecule has 0 unspecified atom stereocenters. The third-order valence-corrected chi connectivity index (χ3v) is 4.54. The summed E-state index contributed by atoms with van der Waals surface area (Å²) in [6, 6.07) is 10.9. The molecule has 0 amide bonds. The van der Waals surface area contributed by atoms with Crippen molar-refractivity contribution in [2.75, 3.05) is 6.61 Å². The van der Waals surface area contributed by atoms with Crippen LogP contribution in [0.1, 0.15) is 33.3 Å². The number of pyridine rings is 1. The number of aromatic nitrogens is 4. The largest absolute Gasteiger partial charge is 0.453 e. The molecule has 0 aliphatic carbocycles. The number of esters is 1. The zero-order valence-electron chi connectivity index (χ0n) is 15.3. The van der Waals surface area contributed by atoms with Crippen LogP contribution in [0.25, 0.3) is 16.6 Å². The van der Waals surface area contributed by atoms with E-state index in [-0.39, 0.29) is 18.1 Å². The second-order valence-corrected chi connectivity index (χ2v) is 6.25. The van der Waals surface area contributed by atoms with Gasteiger partial charge in [-0.2, -0.15) is 5.10 Å². The zero-order chi connectivity index (χ0) is 19.5. The van der Waals surface area contributed by atoms with Crippen molar-refractivity contribution >= 4 is 22.7 Å². The molecular weight excluding hydrogens is 356 g/mol. The molecule has 7 heteroatoms. The molecule has 1 N–H and O–H groups in total. The Morgan fingerprint density at radius 2 is 1.96 bits per heavy atom. The van der Waals surface area contributed by atoms with Crippen LogP contribution in [0.5, 0.6) is 0 Å². The summed E-state index contributed by atoms with van der Waals surface area (Å²) in [6.45, 7) is 1.72. The van der Waals surface area contributed by atoms with Crippen LogP contribution >= 0.6 is 0 Å². The van der Waals surface area contributed by atoms with Gasteiger partial charge in [0.15, 0.2) is 12.3 Å². The van der Waals surface area contributed by atoms with E-state index < -0.39 is 5.97 Å². The molecule has 0 saturated carbocycles. The summed E-state index contributed by atoms with van der Waals surface area (Å²) in [7, 11) is 0. The first kappa shape index (κ1) is 17.7. The van der Waals surface area contributed by atoms with E-state index in [0.29, 0.717) is 5.56 Å². The number of carbonyl (C=O) groups is 2. The van der Waals surface area contributed by atoms with E-state index in [0.717, 1.165) is 28.6 Å². The fourth-order valence-electron chi connectivity index (χ4n) is 3.10. The number of H-pyrrole nitrogens is 1. The van der Waals surface area contributed by atoms with Crippen molar-refractivity contribution in [3.05, 3.63) is 78.0 Å². The van der Waals surface area contributed by atoms with Gasteiger partial charge in [0.25, 0.3) is 0 Å². The predicted octanol–water partition coefficient (Wildman–Crippen LogP) is 3.35. The minimum Gasteiger partial charge on any atom is -0.453 e. The lowest BCUT2D eigenvalue weighted by Gasteiger charge is -2.03. The average molecular weight is 374 g/mol. The van der Waals surface area contributed by atoms with Gasteiger partial charge in [0, 0.05) is 41.3 Å². The summed E-state index contributed by atoms with van der Waals surface area (Å²) in [5.74, 6) is -0.906. The maximum absolute atomic E-state index is 12.6. The van der Waals surface area contributed by atoms with Gasteiger partial charge in [-0.05, 0) is 30.2 Å². The topological polar surface area (TPSA) is 89.9 Å². The molecule has 0 aliphatic rings. The van der Waals surface area contributed by atoms with Crippen LogP contribution in [0, 0.1) is 0 Å². The van der Waals surface area contributed by atoms with E-state index in [2.05, 4.69) is 22.0 Å². The van der Waals surface area contributed by atoms with Crippen LogP contribution in [0.3, 0.4) is 0 Å². The van der Waals surface area contributed by atoms with Crippen molar-refractivity contribution in [2.45, 2.75) is 13.3 Å². The van der Waals surface area contributed by atoms with Gasteiger partial charge >= 0.3 is 5.97 Å². The highest BCUT2D eigenvalue weighted by atomic mass is 16.5. The Hall–Kier alpha value is -3.74. The van der Waals surface area contributed by atoms with Crippen LogP contribution in [0.2, 0.25) is 0 Å². The SMILES string of the molecule is CCc1cccc2c(C(=O)COC(=O)c3ccn(-c4ccncc4)n3)c[nH]c12. The number of nitrogens with zero attached hydrogens (tertiary/aromatic N) is 3. The first-order valence-electron chi connectivity index (χ1n) is 8.92. The van der Waals surface area contributed by atoms with Gasteiger partial charge in [0.05, 0.1) is 5.69 Å². The van der Waals surface area contributed by atoms with Gasteiger partial charge in [0.1, 0.15) is 0 Å². The van der Waals surface area contributed by atoms with E-state index in [4.69, 9.17) is 4.74 Å². The second kappa shape index (κ2) is 7.48. The number of nitrogens with one attached hydrogen (secondary N) is 1. The molecule has 140 valence electrons. The second-order valence-electron chi connectivity index (χ2n) is 6.25. The van der Waals surface area contributed by atoms with Crippen molar-refractivity contribution in [1.29, 1.82) is 0 Å². The number of aryl methyl sites for hydroxylation is 1. The summed E-state index contributed by atoms with van der Waals surface area (Å²) in [4.78, 5) is 31.9. The highest BCUT2D eigenvalue weighted by molar-refractivity contribution is 6.09. The molecule has 0 fully saturated rings. The lowest BCUT2D eigenvalue weighted by atomic mass is 10.1. The lowest BCUT2D eigenvalue weighted by molar-refractivity contribution is 0.0469. The van der Waals surface area contributed by atoms with Crippen molar-refractivity contribution in [3.63, 3.8) is 0 Å². The number of carbonyl (C=O) groups excluding carboxylic acids is 2. The molecule has 4 aromatic rings. The number of benzene rings is 1. The van der Waals surface area contributed by atoms with Gasteiger partial charge in [-0.3, -0.25) is 9.78 Å². The Balaban J connectivity index is 1.46. The predicted molar refractivity (Wildman–Crippen MR) is 104 cm³/mol. The molecule has 1 aromatic carbocycles. The molecule has 28 heavy (non-hydrogen) atoms. The van der Waals surface area contributed by atoms with E-state index in [9.17, 15) is 9.59 Å². The third kappa shape index (κ3) is 3.29. The summed E-state index contributed by atoms with van der Waals surface area (Å²) in [5, 5.41) is 5.03. The zero-order valence-corrected chi connectivity index (χ0v) is 15.3. The standard InChI is InChI=1S/C21H18N4O3/c1-2-14-4-3-5-16-17(12-23-20(14)16)19(26)13-28-21(27)18-8-11-25(24-18)15-6-9-22-10-7-15/h3-12,23H,2,13H2,1H3. The molecular formula is C21H18N4O3. The Morgan fingerprint density at radius 1 is 1.14 bits per heavy atom. The maximum atomic E-state index is 12.6. The van der Waals surface area contributed by atoms with Crippen LogP contribution in [-0.4, -0.2) is 38.1 Å². The molecule has 7 nitrogen and oxygen atoms in total. The Labute approximate surface area is 161 Å². The Morgan fingerprint density at radius 3 is 2.75 bits per heavy atom. The fraction of sp³-hybridized carbons (Fsp3) is 0.143. The summed E-state index contributed by atoms with van der Waals surface area (Å²) in [6.07, 6.45) is 7.45. The summed E-state index contributed by atoms with van der Waals surface area (Å²) < 4.78 is 6.73. The number of ketones is 1. The Bertz CT molecular complexity index is 1140. The van der Waals surface area contributed by atoms with Gasteiger partial charge in [-0.15, -0.1) is 0 Å². The van der Waals surface area contributed by atoms with E-state index >= 15 is 0 Å². The number of hydrogen-bond acceptors (Lipinski definition) is 5. The minimum absolute atomic E-state index is 0.136.